The highest BCUT2D eigenvalue weighted by Gasteiger charge is 2.63. The molecule has 1 N–H and O–H groups in total. The molecular weight excluding hydrogens is 334 g/mol. The first kappa shape index (κ1) is 17.6. The molecule has 0 saturated carbocycles. The third-order valence-electron chi connectivity index (χ3n) is 6.07. The van der Waals surface area contributed by atoms with Crippen molar-refractivity contribution >= 4 is 5.91 Å². The van der Waals surface area contributed by atoms with Crippen LogP contribution in [0.4, 0.5) is 0 Å². The highest BCUT2D eigenvalue weighted by Crippen LogP contribution is 2.54. The Morgan fingerprint density at radius 3 is 2.81 bits per heavy atom. The normalized spacial score (nSPS) is 32.0. The molecule has 2 bridgehead atoms. The molecule has 3 heterocycles. The van der Waals surface area contributed by atoms with E-state index in [4.69, 9.17) is 14.2 Å². The first-order valence-corrected chi connectivity index (χ1v) is 9.59. The van der Waals surface area contributed by atoms with Gasteiger partial charge >= 0.3 is 0 Å². The summed E-state index contributed by atoms with van der Waals surface area (Å²) in [6.45, 7) is 6.29. The van der Waals surface area contributed by atoms with Gasteiger partial charge in [-0.05, 0) is 44.9 Å². The van der Waals surface area contributed by atoms with Gasteiger partial charge in [-0.3, -0.25) is 4.79 Å². The van der Waals surface area contributed by atoms with Crippen LogP contribution >= 0.6 is 0 Å². The zero-order valence-electron chi connectivity index (χ0n) is 15.4. The summed E-state index contributed by atoms with van der Waals surface area (Å²) in [5.74, 6) is 1.64. The van der Waals surface area contributed by atoms with Crippen LogP contribution in [0.15, 0.2) is 18.2 Å². The number of likely N-dealkylation sites (tertiary alicyclic amines) is 1. The molecule has 0 aliphatic carbocycles. The van der Waals surface area contributed by atoms with Crippen LogP contribution < -0.4 is 9.47 Å². The van der Waals surface area contributed by atoms with Crippen molar-refractivity contribution in [3.63, 3.8) is 0 Å². The van der Waals surface area contributed by atoms with E-state index in [0.717, 1.165) is 12.8 Å². The predicted octanol–water partition coefficient (Wildman–Crippen LogP) is 2.10. The number of fused-ring (bicyclic) bond motifs is 1. The second-order valence-electron chi connectivity index (χ2n) is 7.43. The summed E-state index contributed by atoms with van der Waals surface area (Å²) in [7, 11) is 0. The van der Waals surface area contributed by atoms with Crippen LogP contribution in [0.5, 0.6) is 11.5 Å². The Balaban J connectivity index is 1.54. The van der Waals surface area contributed by atoms with Crippen molar-refractivity contribution in [3.8, 4) is 11.5 Å². The van der Waals surface area contributed by atoms with Crippen molar-refractivity contribution in [1.29, 1.82) is 0 Å². The molecular formula is C20H27NO5. The quantitative estimate of drug-likeness (QED) is 0.840. The molecule has 1 spiro atoms. The van der Waals surface area contributed by atoms with Gasteiger partial charge in [0, 0.05) is 30.6 Å². The number of hydrogen-bond donors (Lipinski definition) is 1. The van der Waals surface area contributed by atoms with E-state index in [9.17, 15) is 9.90 Å². The lowest BCUT2D eigenvalue weighted by molar-refractivity contribution is 0.00154. The van der Waals surface area contributed by atoms with Gasteiger partial charge < -0.3 is 24.2 Å². The van der Waals surface area contributed by atoms with Crippen molar-refractivity contribution in [3.05, 3.63) is 23.8 Å². The molecule has 26 heavy (non-hydrogen) atoms. The zero-order chi connectivity index (χ0) is 18.3. The van der Waals surface area contributed by atoms with Gasteiger partial charge in [-0.25, -0.2) is 0 Å². The molecule has 0 aromatic heterocycles. The monoisotopic (exact) mass is 361 g/mol. The van der Waals surface area contributed by atoms with Crippen LogP contribution in [0.3, 0.4) is 0 Å². The Morgan fingerprint density at radius 1 is 1.31 bits per heavy atom. The molecule has 3 aliphatic heterocycles. The second-order valence-corrected chi connectivity index (χ2v) is 7.43. The number of aliphatic hydroxyl groups excluding tert-OH is 1. The minimum Gasteiger partial charge on any atom is -0.490 e. The number of aliphatic hydroxyl groups is 1. The number of ether oxygens (including phenoxy) is 3. The standard InChI is InChI=1S/C20H27NO5/c1-3-24-17-6-5-13(9-18(17)25-4-2)19(23)21-10-15-14(11-22)16-7-8-20(15,12-21)26-16/h5-6,9,14-16,22H,3-4,7-8,10-12H2,1-2H3/t14-,15+,16+,20+/m0/s1. The number of amides is 1. The number of hydrogen-bond acceptors (Lipinski definition) is 5. The number of carbonyl (C=O) groups excluding carboxylic acids is 1. The minimum atomic E-state index is -0.248. The Hall–Kier alpha value is -1.79. The fourth-order valence-corrected chi connectivity index (χ4v) is 4.96. The smallest absolute Gasteiger partial charge is 0.254 e. The summed E-state index contributed by atoms with van der Waals surface area (Å²) in [5.41, 5.74) is 0.352. The molecule has 3 fully saturated rings. The zero-order valence-corrected chi connectivity index (χ0v) is 15.4. The molecule has 1 amide bonds. The maximum atomic E-state index is 13.1. The van der Waals surface area contributed by atoms with Gasteiger partial charge in [-0.15, -0.1) is 0 Å². The van der Waals surface area contributed by atoms with Gasteiger partial charge in [-0.1, -0.05) is 0 Å². The van der Waals surface area contributed by atoms with Crippen LogP contribution in [0, 0.1) is 11.8 Å². The summed E-state index contributed by atoms with van der Waals surface area (Å²) in [5, 5.41) is 9.74. The Kier molecular flexibility index (Phi) is 4.57. The topological polar surface area (TPSA) is 68.2 Å². The molecule has 0 unspecified atom stereocenters. The van der Waals surface area contributed by atoms with Crippen LogP contribution in [0.25, 0.3) is 0 Å². The van der Waals surface area contributed by atoms with E-state index < -0.39 is 0 Å². The average molecular weight is 361 g/mol. The molecule has 6 nitrogen and oxygen atoms in total. The molecule has 3 saturated heterocycles. The fraction of sp³-hybridized carbons (Fsp3) is 0.650. The van der Waals surface area contributed by atoms with E-state index >= 15 is 0 Å². The van der Waals surface area contributed by atoms with Gasteiger partial charge in [0.05, 0.1) is 31.5 Å². The van der Waals surface area contributed by atoms with E-state index in [0.29, 0.717) is 43.4 Å². The van der Waals surface area contributed by atoms with Crippen molar-refractivity contribution in [2.24, 2.45) is 11.8 Å². The summed E-state index contributed by atoms with van der Waals surface area (Å²) in [6.07, 6.45) is 2.13. The van der Waals surface area contributed by atoms with Gasteiger partial charge in [0.2, 0.25) is 0 Å². The van der Waals surface area contributed by atoms with Gasteiger partial charge in [0.25, 0.3) is 5.91 Å². The van der Waals surface area contributed by atoms with Crippen molar-refractivity contribution in [2.45, 2.75) is 38.4 Å². The van der Waals surface area contributed by atoms with Crippen LogP contribution in [0.1, 0.15) is 37.0 Å². The SMILES string of the molecule is CCOc1ccc(C(=O)N2C[C@@H]3[C@H](CO)[C@H]4CC[C@]3(C2)O4)cc1OCC. The van der Waals surface area contributed by atoms with Crippen LogP contribution in [-0.4, -0.2) is 60.5 Å². The third-order valence-corrected chi connectivity index (χ3v) is 6.07. The van der Waals surface area contributed by atoms with Crippen molar-refractivity contribution in [2.75, 3.05) is 32.9 Å². The van der Waals surface area contributed by atoms with Gasteiger partial charge in [-0.2, -0.15) is 0 Å². The third kappa shape index (κ3) is 2.67. The van der Waals surface area contributed by atoms with E-state index in [1.54, 1.807) is 18.2 Å². The molecule has 4 rings (SSSR count). The molecule has 6 heteroatoms. The minimum absolute atomic E-state index is 0.0125. The molecule has 4 atom stereocenters. The predicted molar refractivity (Wildman–Crippen MR) is 95.6 cm³/mol. The Morgan fingerprint density at radius 2 is 2.08 bits per heavy atom. The van der Waals surface area contributed by atoms with E-state index in [2.05, 4.69) is 0 Å². The van der Waals surface area contributed by atoms with E-state index in [1.165, 1.54) is 0 Å². The highest BCUT2D eigenvalue weighted by molar-refractivity contribution is 5.95. The molecule has 1 aromatic carbocycles. The number of rotatable bonds is 6. The van der Waals surface area contributed by atoms with Crippen LogP contribution in [-0.2, 0) is 4.74 Å². The van der Waals surface area contributed by atoms with E-state index in [1.807, 2.05) is 18.7 Å². The largest absolute Gasteiger partial charge is 0.490 e. The maximum Gasteiger partial charge on any atom is 0.254 e. The summed E-state index contributed by atoms with van der Waals surface area (Å²) >= 11 is 0. The molecule has 3 aliphatic rings. The lowest BCUT2D eigenvalue weighted by Crippen LogP contribution is -2.38. The highest BCUT2D eigenvalue weighted by atomic mass is 16.5. The lowest BCUT2D eigenvalue weighted by atomic mass is 9.74. The second kappa shape index (κ2) is 6.74. The Labute approximate surface area is 154 Å². The first-order valence-electron chi connectivity index (χ1n) is 9.59. The maximum absolute atomic E-state index is 13.1. The first-order chi connectivity index (χ1) is 12.6. The van der Waals surface area contributed by atoms with Gasteiger partial charge in [0.15, 0.2) is 11.5 Å². The van der Waals surface area contributed by atoms with E-state index in [-0.39, 0.29) is 36.1 Å². The average Bonchev–Trinajstić information content (AvgIpc) is 3.30. The number of nitrogens with zero attached hydrogens (tertiary/aromatic N) is 1. The lowest BCUT2D eigenvalue weighted by Gasteiger charge is -2.27. The molecule has 142 valence electrons. The fourth-order valence-electron chi connectivity index (χ4n) is 4.96. The van der Waals surface area contributed by atoms with Gasteiger partial charge in [0.1, 0.15) is 0 Å². The van der Waals surface area contributed by atoms with Crippen molar-refractivity contribution < 1.29 is 24.1 Å². The number of carbonyl (C=O) groups is 1. The number of benzene rings is 1. The summed E-state index contributed by atoms with van der Waals surface area (Å²) < 4.78 is 17.4. The molecule has 0 radical (unpaired) electrons. The summed E-state index contributed by atoms with van der Waals surface area (Å²) in [4.78, 5) is 15.0. The van der Waals surface area contributed by atoms with Crippen molar-refractivity contribution in [1.82, 2.24) is 4.90 Å². The summed E-state index contributed by atoms with van der Waals surface area (Å²) in [6, 6.07) is 5.36. The Bertz CT molecular complexity index is 693. The molecule has 1 aromatic rings. The van der Waals surface area contributed by atoms with Crippen LogP contribution in [0.2, 0.25) is 0 Å².